The van der Waals surface area contributed by atoms with Gasteiger partial charge in [-0.2, -0.15) is 0 Å². The summed E-state index contributed by atoms with van der Waals surface area (Å²) in [5.74, 6) is 0. The van der Waals surface area contributed by atoms with Crippen molar-refractivity contribution >= 4 is 9.24 Å². The molecule has 0 aromatic rings. The Hall–Kier alpha value is 0.350. The van der Waals surface area contributed by atoms with Gasteiger partial charge in [-0.15, -0.1) is 9.24 Å². The third kappa shape index (κ3) is 17.8. The summed E-state index contributed by atoms with van der Waals surface area (Å²) < 4.78 is 15.7. The summed E-state index contributed by atoms with van der Waals surface area (Å²) in [6.07, 6.45) is 0.993. The second kappa shape index (κ2) is 15.8. The van der Waals surface area contributed by atoms with Crippen LogP contribution in [0.3, 0.4) is 0 Å². The van der Waals surface area contributed by atoms with Crippen molar-refractivity contribution in [2.24, 2.45) is 0 Å². The Kier molecular flexibility index (Phi) is 16.4. The highest BCUT2D eigenvalue weighted by molar-refractivity contribution is 7.15. The molecule has 0 N–H and O–H groups in total. The summed E-state index contributed by atoms with van der Waals surface area (Å²) in [5, 5.41) is 0. The van der Waals surface area contributed by atoms with Crippen molar-refractivity contribution in [1.82, 2.24) is 0 Å². The molecular weight excluding hydrogens is 135 g/mol. The Balaban J connectivity index is 0. The average Bonchev–Trinajstić information content (AvgIpc) is 1.91. The van der Waals surface area contributed by atoms with Gasteiger partial charge in [0.15, 0.2) is 0 Å². The lowest BCUT2D eigenvalue weighted by Crippen LogP contribution is -1.94. The molecule has 0 saturated heterocycles. The first-order chi connectivity index (χ1) is 4.83. The van der Waals surface area contributed by atoms with E-state index in [1.165, 1.54) is 0 Å². The van der Waals surface area contributed by atoms with E-state index in [0.717, 1.165) is 19.6 Å². The van der Waals surface area contributed by atoms with Gasteiger partial charge in [0.2, 0.25) is 0 Å². The molecular formula is C6H17O2P. The first-order valence-corrected chi connectivity index (χ1v) is 3.62. The monoisotopic (exact) mass is 153 g/mol. The van der Waals surface area contributed by atoms with Gasteiger partial charge in [0, 0.05) is 28.8 Å². The molecule has 1 unspecified atom stereocenters. The highest BCUT2D eigenvalue weighted by atomic mass is 31.0. The van der Waals surface area contributed by atoms with Crippen molar-refractivity contribution in [3.8, 4) is 0 Å². The van der Waals surface area contributed by atoms with Crippen molar-refractivity contribution in [3.05, 3.63) is 0 Å². The van der Waals surface area contributed by atoms with Gasteiger partial charge in [0.1, 0.15) is 0 Å². The number of hydrogen-bond donors (Lipinski definition) is 0. The Morgan fingerprint density at radius 1 is 1.33 bits per heavy atom. The van der Waals surface area contributed by atoms with Gasteiger partial charge in [0.05, 0.1) is 0 Å². The smallest absolute Gasteiger partial charge is 0.0484 e. The Morgan fingerprint density at radius 3 is 1.89 bits per heavy atom. The SMILES string of the molecule is COCCCOC.[2H]CP. The maximum atomic E-state index is 6.17. The number of hydrogen-bond acceptors (Lipinski definition) is 2. The van der Waals surface area contributed by atoms with Crippen LogP contribution in [-0.4, -0.2) is 34.1 Å². The fourth-order valence-electron chi connectivity index (χ4n) is 0.348. The Morgan fingerprint density at radius 2 is 1.67 bits per heavy atom. The predicted molar refractivity (Wildman–Crippen MR) is 44.0 cm³/mol. The lowest BCUT2D eigenvalue weighted by atomic mass is 10.5. The third-order valence-electron chi connectivity index (χ3n) is 0.697. The third-order valence-corrected chi connectivity index (χ3v) is 0.697. The van der Waals surface area contributed by atoms with Crippen LogP contribution in [0.4, 0.5) is 0 Å². The van der Waals surface area contributed by atoms with Crippen LogP contribution in [0.2, 0.25) is 0 Å². The molecule has 0 saturated carbocycles. The van der Waals surface area contributed by atoms with Gasteiger partial charge in [-0.25, -0.2) is 0 Å². The van der Waals surface area contributed by atoms with E-state index >= 15 is 0 Å². The van der Waals surface area contributed by atoms with E-state index in [4.69, 9.17) is 10.8 Å². The van der Waals surface area contributed by atoms with Gasteiger partial charge in [-0.05, 0) is 6.42 Å². The maximum absolute atomic E-state index is 6.17. The van der Waals surface area contributed by atoms with Gasteiger partial charge in [-0.1, -0.05) is 6.64 Å². The maximum Gasteiger partial charge on any atom is 0.0484 e. The minimum atomic E-state index is 0.417. The largest absolute Gasteiger partial charge is 0.385 e. The van der Waals surface area contributed by atoms with Crippen molar-refractivity contribution < 1.29 is 10.8 Å². The summed E-state index contributed by atoms with van der Waals surface area (Å²) in [6, 6.07) is 0. The predicted octanol–water partition coefficient (Wildman–Crippen LogP) is 1.16. The van der Waals surface area contributed by atoms with E-state index in [-0.39, 0.29) is 0 Å². The van der Waals surface area contributed by atoms with Crippen molar-refractivity contribution in [2.75, 3.05) is 34.1 Å². The quantitative estimate of drug-likeness (QED) is 0.445. The molecule has 58 valence electrons. The first-order valence-electron chi connectivity index (χ1n) is 3.51. The molecule has 0 rings (SSSR count). The molecule has 1 atom stereocenters. The van der Waals surface area contributed by atoms with E-state index in [1.54, 1.807) is 14.2 Å². The van der Waals surface area contributed by atoms with Gasteiger partial charge in [-0.3, -0.25) is 0 Å². The van der Waals surface area contributed by atoms with Crippen LogP contribution in [-0.2, 0) is 9.47 Å². The summed E-state index contributed by atoms with van der Waals surface area (Å²) in [4.78, 5) is 0. The molecule has 0 heterocycles. The summed E-state index contributed by atoms with van der Waals surface area (Å²) in [6.45, 7) is 2.02. The van der Waals surface area contributed by atoms with Crippen molar-refractivity contribution in [2.45, 2.75) is 6.42 Å². The molecule has 0 aromatic carbocycles. The molecule has 0 aliphatic heterocycles. The second-order valence-corrected chi connectivity index (χ2v) is 1.34. The van der Waals surface area contributed by atoms with E-state index in [1.807, 2.05) is 0 Å². The minimum Gasteiger partial charge on any atom is -0.385 e. The zero-order valence-corrected chi connectivity index (χ0v) is 7.38. The lowest BCUT2D eigenvalue weighted by Gasteiger charge is -1.94. The fraction of sp³-hybridized carbons (Fsp3) is 1.00. The van der Waals surface area contributed by atoms with Gasteiger partial charge in [0.25, 0.3) is 0 Å². The van der Waals surface area contributed by atoms with Crippen LogP contribution in [0.15, 0.2) is 0 Å². The summed E-state index contributed by atoms with van der Waals surface area (Å²) in [5.41, 5.74) is 0. The Labute approximate surface area is 61.5 Å². The standard InChI is InChI=1S/C5H12O2.CH5P/c1-6-4-3-5-7-2;1-2/h3-5H2,1-2H3;2H2,1H3/i;1D. The zero-order chi connectivity index (χ0) is 8.24. The highest BCUT2D eigenvalue weighted by Crippen LogP contribution is 1.78. The molecule has 0 bridgehead atoms. The normalized spacial score (nSPS) is 9.44. The molecule has 2 nitrogen and oxygen atoms in total. The van der Waals surface area contributed by atoms with Crippen LogP contribution in [0.25, 0.3) is 0 Å². The van der Waals surface area contributed by atoms with Crippen LogP contribution in [0.1, 0.15) is 7.79 Å². The first kappa shape index (κ1) is 9.35. The highest BCUT2D eigenvalue weighted by Gasteiger charge is 1.79. The molecule has 3 heteroatoms. The molecule has 0 aliphatic carbocycles. The van der Waals surface area contributed by atoms with E-state index in [0.29, 0.717) is 6.64 Å². The van der Waals surface area contributed by atoms with Gasteiger partial charge >= 0.3 is 0 Å². The van der Waals surface area contributed by atoms with E-state index < -0.39 is 0 Å². The molecule has 9 heavy (non-hydrogen) atoms. The van der Waals surface area contributed by atoms with E-state index in [9.17, 15) is 0 Å². The van der Waals surface area contributed by atoms with Gasteiger partial charge < -0.3 is 9.47 Å². The molecule has 0 radical (unpaired) electrons. The molecule has 0 aliphatic rings. The molecule has 0 amide bonds. The Bertz CT molecular complexity index is 42.7. The van der Waals surface area contributed by atoms with Crippen LogP contribution in [0.5, 0.6) is 0 Å². The zero-order valence-electron chi connectivity index (χ0n) is 7.22. The molecule has 0 fully saturated rings. The second-order valence-electron chi connectivity index (χ2n) is 1.34. The van der Waals surface area contributed by atoms with Crippen molar-refractivity contribution in [1.29, 1.82) is 0 Å². The summed E-state index contributed by atoms with van der Waals surface area (Å²) in [7, 11) is 5.63. The summed E-state index contributed by atoms with van der Waals surface area (Å²) >= 11 is 0. The molecule has 0 spiro atoms. The fourth-order valence-corrected chi connectivity index (χ4v) is 0.348. The van der Waals surface area contributed by atoms with Crippen molar-refractivity contribution in [3.63, 3.8) is 0 Å². The minimum absolute atomic E-state index is 0.417. The average molecular weight is 153 g/mol. The topological polar surface area (TPSA) is 18.5 Å². The molecule has 0 aromatic heterocycles. The number of methoxy groups -OCH3 is 2. The number of ether oxygens (including phenoxy) is 2. The number of rotatable bonds is 4. The van der Waals surface area contributed by atoms with Crippen LogP contribution < -0.4 is 0 Å². The van der Waals surface area contributed by atoms with Crippen LogP contribution >= 0.6 is 9.24 Å². The van der Waals surface area contributed by atoms with Crippen LogP contribution in [0, 0.1) is 0 Å². The lowest BCUT2D eigenvalue weighted by molar-refractivity contribution is 0.138. The van der Waals surface area contributed by atoms with E-state index in [2.05, 4.69) is 9.24 Å².